The van der Waals surface area contributed by atoms with Crippen molar-refractivity contribution in [3.63, 3.8) is 0 Å². The van der Waals surface area contributed by atoms with Gasteiger partial charge in [-0.3, -0.25) is 0 Å². The second-order valence-corrected chi connectivity index (χ2v) is 3.75. The molecule has 0 unspecified atom stereocenters. The highest BCUT2D eigenvalue weighted by Crippen LogP contribution is 2.21. The Kier molecular flexibility index (Phi) is 2.26. The third-order valence-corrected chi connectivity index (χ3v) is 2.65. The molecule has 0 aliphatic carbocycles. The zero-order valence-corrected chi connectivity index (χ0v) is 9.22. The van der Waals surface area contributed by atoms with Gasteiger partial charge >= 0.3 is 5.82 Å². The molecule has 0 amide bonds. The van der Waals surface area contributed by atoms with Crippen molar-refractivity contribution in [2.45, 2.75) is 0 Å². The topological polar surface area (TPSA) is 73.8 Å². The van der Waals surface area contributed by atoms with Crippen molar-refractivity contribution < 1.29 is 4.92 Å². The molecule has 0 N–H and O–H groups in total. The Balaban J connectivity index is 2.21. The van der Waals surface area contributed by atoms with Crippen LogP contribution in [0.5, 0.6) is 0 Å². The maximum atomic E-state index is 10.6. The third-order valence-electron chi connectivity index (χ3n) is 2.65. The van der Waals surface area contributed by atoms with E-state index in [9.17, 15) is 10.1 Å². The van der Waals surface area contributed by atoms with Crippen LogP contribution < -0.4 is 0 Å². The van der Waals surface area contributed by atoms with E-state index in [1.807, 2.05) is 42.5 Å². The summed E-state index contributed by atoms with van der Waals surface area (Å²) in [5.74, 6) is -0.261. The standard InChI is InChI=1S/C12H8N4O2/c17-16(18)12-8-13-15(14-12)11-7-3-5-9-4-1-2-6-10(9)11/h1-8H. The highest BCUT2D eigenvalue weighted by molar-refractivity contribution is 5.89. The van der Waals surface area contributed by atoms with Gasteiger partial charge in [-0.25, -0.2) is 0 Å². The van der Waals surface area contributed by atoms with Crippen LogP contribution in [0.1, 0.15) is 0 Å². The molecule has 3 rings (SSSR count). The van der Waals surface area contributed by atoms with Crippen molar-refractivity contribution >= 4 is 16.6 Å². The van der Waals surface area contributed by atoms with Gasteiger partial charge in [0.2, 0.25) is 0 Å². The lowest BCUT2D eigenvalue weighted by atomic mass is 10.1. The molecular formula is C12H8N4O2. The largest absolute Gasteiger partial charge is 0.410 e. The summed E-state index contributed by atoms with van der Waals surface area (Å²) in [7, 11) is 0. The molecule has 0 saturated heterocycles. The van der Waals surface area contributed by atoms with Crippen LogP contribution in [0.3, 0.4) is 0 Å². The minimum Gasteiger partial charge on any atom is -0.358 e. The monoisotopic (exact) mass is 240 g/mol. The van der Waals surface area contributed by atoms with E-state index in [4.69, 9.17) is 0 Å². The summed E-state index contributed by atoms with van der Waals surface area (Å²) in [5, 5.41) is 20.3. The first kappa shape index (κ1) is 10.4. The first-order valence-electron chi connectivity index (χ1n) is 5.30. The van der Waals surface area contributed by atoms with Crippen LogP contribution in [0.25, 0.3) is 16.5 Å². The van der Waals surface area contributed by atoms with Crippen LogP contribution in [0, 0.1) is 10.1 Å². The lowest BCUT2D eigenvalue weighted by Crippen LogP contribution is -2.00. The van der Waals surface area contributed by atoms with Crippen LogP contribution in [0.2, 0.25) is 0 Å². The Bertz CT molecular complexity index is 730. The van der Waals surface area contributed by atoms with Crippen molar-refractivity contribution in [3.8, 4) is 5.69 Å². The summed E-state index contributed by atoms with van der Waals surface area (Å²) < 4.78 is 0. The lowest BCUT2D eigenvalue weighted by Gasteiger charge is -2.01. The zero-order valence-electron chi connectivity index (χ0n) is 9.22. The van der Waals surface area contributed by atoms with E-state index in [2.05, 4.69) is 10.2 Å². The quantitative estimate of drug-likeness (QED) is 0.509. The molecule has 0 aliphatic rings. The normalized spacial score (nSPS) is 10.7. The van der Waals surface area contributed by atoms with Crippen LogP contribution in [0.15, 0.2) is 48.7 Å². The molecule has 0 aliphatic heterocycles. The van der Waals surface area contributed by atoms with Gasteiger partial charge in [0.15, 0.2) is 6.20 Å². The van der Waals surface area contributed by atoms with E-state index >= 15 is 0 Å². The van der Waals surface area contributed by atoms with Crippen molar-refractivity contribution in [2.75, 3.05) is 0 Å². The first-order valence-corrected chi connectivity index (χ1v) is 5.30. The lowest BCUT2D eigenvalue weighted by molar-refractivity contribution is -0.389. The Morgan fingerprint density at radius 3 is 2.67 bits per heavy atom. The van der Waals surface area contributed by atoms with Gasteiger partial charge in [-0.15, -0.1) is 5.10 Å². The van der Waals surface area contributed by atoms with Gasteiger partial charge in [0.25, 0.3) is 0 Å². The predicted octanol–water partition coefficient (Wildman–Crippen LogP) is 2.33. The Labute approximate surface area is 102 Å². The van der Waals surface area contributed by atoms with E-state index in [1.54, 1.807) is 0 Å². The number of nitrogens with zero attached hydrogens (tertiary/aromatic N) is 4. The van der Waals surface area contributed by atoms with Gasteiger partial charge in [-0.2, -0.15) is 0 Å². The molecule has 1 aromatic heterocycles. The summed E-state index contributed by atoms with van der Waals surface area (Å²) >= 11 is 0. The molecule has 0 atom stereocenters. The van der Waals surface area contributed by atoms with Gasteiger partial charge in [-0.1, -0.05) is 41.2 Å². The first-order chi connectivity index (χ1) is 8.75. The summed E-state index contributed by atoms with van der Waals surface area (Å²) in [6, 6.07) is 13.4. The Hall–Kier alpha value is -2.76. The van der Waals surface area contributed by atoms with Crippen LogP contribution >= 0.6 is 0 Å². The molecule has 0 radical (unpaired) electrons. The van der Waals surface area contributed by atoms with Crippen LogP contribution in [0.4, 0.5) is 5.82 Å². The highest BCUT2D eigenvalue weighted by Gasteiger charge is 2.15. The minimum absolute atomic E-state index is 0.261. The van der Waals surface area contributed by atoms with Gasteiger partial charge < -0.3 is 10.1 Å². The number of nitro groups is 1. The number of benzene rings is 2. The number of hydrogen-bond acceptors (Lipinski definition) is 4. The number of rotatable bonds is 2. The molecule has 18 heavy (non-hydrogen) atoms. The predicted molar refractivity (Wildman–Crippen MR) is 65.5 cm³/mol. The number of fused-ring (bicyclic) bond motifs is 1. The molecule has 0 fully saturated rings. The summed E-state index contributed by atoms with van der Waals surface area (Å²) in [6.45, 7) is 0. The molecule has 0 spiro atoms. The molecule has 0 bridgehead atoms. The maximum absolute atomic E-state index is 10.6. The van der Waals surface area contributed by atoms with Crippen molar-refractivity contribution in [2.24, 2.45) is 0 Å². The summed E-state index contributed by atoms with van der Waals surface area (Å²) in [4.78, 5) is 11.3. The Morgan fingerprint density at radius 1 is 1.11 bits per heavy atom. The number of aromatic nitrogens is 3. The average molecular weight is 240 g/mol. The van der Waals surface area contributed by atoms with Gasteiger partial charge in [-0.05, 0) is 16.4 Å². The number of hydrogen-bond donors (Lipinski definition) is 0. The molecule has 2 aromatic carbocycles. The van der Waals surface area contributed by atoms with Crippen molar-refractivity contribution in [1.29, 1.82) is 0 Å². The third kappa shape index (κ3) is 1.60. The van der Waals surface area contributed by atoms with E-state index in [-0.39, 0.29) is 5.82 Å². The van der Waals surface area contributed by atoms with Gasteiger partial charge in [0, 0.05) is 5.39 Å². The van der Waals surface area contributed by atoms with E-state index in [0.717, 1.165) is 22.7 Å². The fourth-order valence-corrected chi connectivity index (χ4v) is 1.84. The fourth-order valence-electron chi connectivity index (χ4n) is 1.84. The molecule has 3 aromatic rings. The molecule has 88 valence electrons. The van der Waals surface area contributed by atoms with E-state index in [0.29, 0.717) is 0 Å². The van der Waals surface area contributed by atoms with Gasteiger partial charge in [0.1, 0.15) is 5.69 Å². The Morgan fingerprint density at radius 2 is 1.89 bits per heavy atom. The smallest absolute Gasteiger partial charge is 0.358 e. The van der Waals surface area contributed by atoms with Crippen molar-refractivity contribution in [3.05, 3.63) is 58.8 Å². The second-order valence-electron chi connectivity index (χ2n) is 3.75. The molecule has 1 heterocycles. The minimum atomic E-state index is -0.561. The summed E-state index contributed by atoms with van der Waals surface area (Å²) in [5.41, 5.74) is 0.723. The molecular weight excluding hydrogens is 232 g/mol. The maximum Gasteiger partial charge on any atom is 0.410 e. The average Bonchev–Trinajstić information content (AvgIpc) is 2.87. The SMILES string of the molecule is O=[N+]([O-])c1cnn(-c2cccc3ccccc23)n1. The van der Waals surface area contributed by atoms with E-state index in [1.165, 1.54) is 4.80 Å². The molecule has 0 saturated carbocycles. The molecule has 6 nitrogen and oxygen atoms in total. The second kappa shape index (κ2) is 3.92. The fraction of sp³-hybridized carbons (Fsp3) is 0. The molecule has 6 heteroatoms. The highest BCUT2D eigenvalue weighted by atomic mass is 16.6. The van der Waals surface area contributed by atoms with Crippen molar-refractivity contribution in [1.82, 2.24) is 15.0 Å². The van der Waals surface area contributed by atoms with Gasteiger partial charge in [0.05, 0.1) is 5.10 Å². The van der Waals surface area contributed by atoms with E-state index < -0.39 is 4.92 Å². The van der Waals surface area contributed by atoms with Crippen LogP contribution in [-0.2, 0) is 0 Å². The zero-order chi connectivity index (χ0) is 12.5. The summed E-state index contributed by atoms with van der Waals surface area (Å²) in [6.07, 6.45) is 1.14. The van der Waals surface area contributed by atoms with Crippen LogP contribution in [-0.4, -0.2) is 19.9 Å².